The van der Waals surface area contributed by atoms with Crippen molar-refractivity contribution in [1.29, 1.82) is 0 Å². The molecule has 2 saturated heterocycles. The summed E-state index contributed by atoms with van der Waals surface area (Å²) in [6.07, 6.45) is 4.58. The van der Waals surface area contributed by atoms with Crippen LogP contribution in [0.4, 0.5) is 11.5 Å². The zero-order valence-corrected chi connectivity index (χ0v) is 17.3. The average Bonchev–Trinajstić information content (AvgIpc) is 3.34. The van der Waals surface area contributed by atoms with Gasteiger partial charge in [-0.05, 0) is 24.3 Å². The molecular weight excluding hydrogens is 396 g/mol. The van der Waals surface area contributed by atoms with E-state index in [0.29, 0.717) is 18.9 Å². The Hall–Kier alpha value is -3.69. The third-order valence-electron chi connectivity index (χ3n) is 5.88. The third-order valence-corrected chi connectivity index (χ3v) is 5.88. The van der Waals surface area contributed by atoms with Gasteiger partial charge in [-0.15, -0.1) is 0 Å². The van der Waals surface area contributed by atoms with E-state index in [1.54, 1.807) is 18.1 Å². The molecule has 10 heteroatoms. The van der Waals surface area contributed by atoms with Crippen LogP contribution >= 0.6 is 0 Å². The molecule has 0 atom stereocenters. The number of ether oxygens (including phenoxy) is 1. The van der Waals surface area contributed by atoms with E-state index in [1.807, 2.05) is 23.1 Å². The second-order valence-corrected chi connectivity index (χ2v) is 7.69. The number of benzene rings is 1. The van der Waals surface area contributed by atoms with E-state index in [-0.39, 0.29) is 11.8 Å². The molecule has 0 bridgehead atoms. The lowest BCUT2D eigenvalue weighted by Gasteiger charge is -2.43. The summed E-state index contributed by atoms with van der Waals surface area (Å²) >= 11 is 0. The molecule has 0 N–H and O–H groups in total. The number of rotatable bonds is 5. The van der Waals surface area contributed by atoms with E-state index in [2.05, 4.69) is 42.0 Å². The quantitative estimate of drug-likeness (QED) is 0.600. The summed E-state index contributed by atoms with van der Waals surface area (Å²) in [7, 11) is 1.67. The molecule has 0 saturated carbocycles. The van der Waals surface area contributed by atoms with E-state index in [0.717, 1.165) is 43.4 Å². The molecule has 1 amide bonds. The number of anilines is 2. The molecule has 0 unspecified atom stereocenters. The van der Waals surface area contributed by atoms with Crippen molar-refractivity contribution >= 4 is 17.4 Å². The molecule has 5 rings (SSSR count). The van der Waals surface area contributed by atoms with Gasteiger partial charge in [0.25, 0.3) is 0 Å². The number of methoxy groups -OCH3 is 1. The Labute approximate surface area is 180 Å². The predicted molar refractivity (Wildman–Crippen MR) is 114 cm³/mol. The van der Waals surface area contributed by atoms with Crippen LogP contribution in [0, 0.1) is 5.92 Å². The molecule has 2 fully saturated rings. The summed E-state index contributed by atoms with van der Waals surface area (Å²) in [6.45, 7) is 4.50. The number of hydrogen-bond acceptors (Lipinski definition) is 8. The number of hydrogen-bond donors (Lipinski definition) is 0. The lowest BCUT2D eigenvalue weighted by atomic mass is 9.98. The maximum absolute atomic E-state index is 12.9. The zero-order valence-electron chi connectivity index (χ0n) is 17.3. The highest BCUT2D eigenvalue weighted by atomic mass is 16.5. The summed E-state index contributed by atoms with van der Waals surface area (Å²) < 4.78 is 6.82. The van der Waals surface area contributed by atoms with Gasteiger partial charge in [-0.2, -0.15) is 5.10 Å². The molecule has 4 heterocycles. The standard InChI is InChI=1S/C21H24N8O2/c1-31-18-4-2-17(3-5-18)26-6-8-27(9-7-26)21(30)16-11-28(12-16)19-10-20(24-14-23-19)29-15-22-13-25-29/h2-5,10,13-16H,6-9,11-12H2,1H3. The van der Waals surface area contributed by atoms with Gasteiger partial charge in [-0.25, -0.2) is 19.6 Å². The Balaban J connectivity index is 1.14. The van der Waals surface area contributed by atoms with Gasteiger partial charge in [0.1, 0.15) is 30.5 Å². The van der Waals surface area contributed by atoms with Crippen LogP contribution in [-0.2, 0) is 4.79 Å². The van der Waals surface area contributed by atoms with Crippen molar-refractivity contribution in [3.8, 4) is 11.6 Å². The number of aromatic nitrogens is 5. The molecule has 3 aromatic rings. The van der Waals surface area contributed by atoms with E-state index >= 15 is 0 Å². The summed E-state index contributed by atoms with van der Waals surface area (Å²) in [5, 5.41) is 4.10. The molecule has 2 aromatic heterocycles. The van der Waals surface area contributed by atoms with Crippen LogP contribution in [0.1, 0.15) is 0 Å². The molecule has 31 heavy (non-hydrogen) atoms. The van der Waals surface area contributed by atoms with Crippen LogP contribution in [0.5, 0.6) is 5.75 Å². The Morgan fingerprint density at radius 1 is 0.968 bits per heavy atom. The first-order valence-electron chi connectivity index (χ1n) is 10.3. The van der Waals surface area contributed by atoms with E-state index in [4.69, 9.17) is 4.74 Å². The SMILES string of the molecule is COc1ccc(N2CCN(C(=O)C3CN(c4cc(-n5cncn5)ncn4)C3)CC2)cc1. The molecule has 2 aliphatic heterocycles. The smallest absolute Gasteiger partial charge is 0.229 e. The van der Waals surface area contributed by atoms with E-state index in [9.17, 15) is 4.79 Å². The summed E-state index contributed by atoms with van der Waals surface area (Å²) in [4.78, 5) is 31.9. The van der Waals surface area contributed by atoms with Crippen LogP contribution in [0.3, 0.4) is 0 Å². The van der Waals surface area contributed by atoms with Crippen molar-refractivity contribution in [2.24, 2.45) is 5.92 Å². The molecule has 2 aliphatic rings. The minimum absolute atomic E-state index is 0.0114. The number of amides is 1. The molecule has 160 valence electrons. The molecule has 10 nitrogen and oxygen atoms in total. The second-order valence-electron chi connectivity index (χ2n) is 7.69. The number of nitrogens with zero attached hydrogens (tertiary/aromatic N) is 8. The fourth-order valence-electron chi connectivity index (χ4n) is 4.02. The fraction of sp³-hybridized carbons (Fsp3) is 0.381. The fourth-order valence-corrected chi connectivity index (χ4v) is 4.02. The molecule has 0 radical (unpaired) electrons. The number of piperazine rings is 1. The Morgan fingerprint density at radius 2 is 1.71 bits per heavy atom. The van der Waals surface area contributed by atoms with Gasteiger partial charge in [0.15, 0.2) is 5.82 Å². The second kappa shape index (κ2) is 8.21. The Kier molecular flexibility index (Phi) is 5.11. The number of carbonyl (C=O) groups excluding carboxylic acids is 1. The largest absolute Gasteiger partial charge is 0.497 e. The van der Waals surface area contributed by atoms with Gasteiger partial charge >= 0.3 is 0 Å². The topological polar surface area (TPSA) is 92.5 Å². The Morgan fingerprint density at radius 3 is 2.39 bits per heavy atom. The summed E-state index contributed by atoms with van der Waals surface area (Å²) in [5.74, 6) is 2.55. The van der Waals surface area contributed by atoms with Crippen molar-refractivity contribution in [1.82, 2.24) is 29.6 Å². The van der Waals surface area contributed by atoms with Crippen molar-refractivity contribution < 1.29 is 9.53 Å². The maximum Gasteiger partial charge on any atom is 0.229 e. The number of carbonyl (C=O) groups is 1. The third kappa shape index (κ3) is 3.88. The summed E-state index contributed by atoms with van der Waals surface area (Å²) in [5.41, 5.74) is 1.16. The van der Waals surface area contributed by atoms with Gasteiger partial charge in [-0.3, -0.25) is 4.79 Å². The van der Waals surface area contributed by atoms with E-state index in [1.165, 1.54) is 12.7 Å². The van der Waals surface area contributed by atoms with Crippen LogP contribution in [-0.4, -0.2) is 81.9 Å². The lowest BCUT2D eigenvalue weighted by Crippen LogP contribution is -2.58. The summed E-state index contributed by atoms with van der Waals surface area (Å²) in [6, 6.07) is 9.93. The van der Waals surface area contributed by atoms with Crippen LogP contribution in [0.2, 0.25) is 0 Å². The zero-order chi connectivity index (χ0) is 21.2. The molecular formula is C21H24N8O2. The van der Waals surface area contributed by atoms with Crippen molar-refractivity contribution in [2.45, 2.75) is 0 Å². The first-order chi connectivity index (χ1) is 15.2. The molecule has 1 aromatic carbocycles. The van der Waals surface area contributed by atoms with Gasteiger partial charge in [-0.1, -0.05) is 0 Å². The monoisotopic (exact) mass is 420 g/mol. The average molecular weight is 420 g/mol. The Bertz CT molecular complexity index is 1030. The van der Waals surface area contributed by atoms with Gasteiger partial charge < -0.3 is 19.4 Å². The van der Waals surface area contributed by atoms with Crippen LogP contribution in [0.15, 0.2) is 49.3 Å². The van der Waals surface area contributed by atoms with Crippen LogP contribution < -0.4 is 14.5 Å². The highest BCUT2D eigenvalue weighted by Gasteiger charge is 2.37. The van der Waals surface area contributed by atoms with E-state index < -0.39 is 0 Å². The van der Waals surface area contributed by atoms with Crippen molar-refractivity contribution in [3.63, 3.8) is 0 Å². The highest BCUT2D eigenvalue weighted by molar-refractivity contribution is 5.82. The van der Waals surface area contributed by atoms with Gasteiger partial charge in [0.05, 0.1) is 13.0 Å². The van der Waals surface area contributed by atoms with Gasteiger partial charge in [0.2, 0.25) is 5.91 Å². The highest BCUT2D eigenvalue weighted by Crippen LogP contribution is 2.26. The first-order valence-corrected chi connectivity index (χ1v) is 10.3. The molecule has 0 aliphatic carbocycles. The van der Waals surface area contributed by atoms with Crippen molar-refractivity contribution in [3.05, 3.63) is 49.3 Å². The maximum atomic E-state index is 12.9. The predicted octanol–water partition coefficient (Wildman–Crippen LogP) is 0.851. The van der Waals surface area contributed by atoms with Crippen LogP contribution in [0.25, 0.3) is 5.82 Å². The first kappa shape index (κ1) is 19.3. The normalized spacial score (nSPS) is 16.9. The minimum Gasteiger partial charge on any atom is -0.497 e. The lowest BCUT2D eigenvalue weighted by molar-refractivity contribution is -0.136. The van der Waals surface area contributed by atoms with Gasteiger partial charge in [0, 0.05) is 51.0 Å². The molecule has 0 spiro atoms. The minimum atomic E-state index is 0.0114. The van der Waals surface area contributed by atoms with Crippen molar-refractivity contribution in [2.75, 3.05) is 56.2 Å².